The molecule has 210 valence electrons. The molecule has 3 aromatic carbocycles. The van der Waals surface area contributed by atoms with Crippen molar-refractivity contribution in [1.82, 2.24) is 9.47 Å². The summed E-state index contributed by atoms with van der Waals surface area (Å²) in [5, 5.41) is 3.12. The number of benzene rings is 3. The molecule has 1 heterocycles. The summed E-state index contributed by atoms with van der Waals surface area (Å²) in [6, 6.07) is 20.7. The smallest absolute Gasteiger partial charge is 0.265 e. The second-order valence-electron chi connectivity index (χ2n) is 11.1. The van der Waals surface area contributed by atoms with Crippen molar-refractivity contribution >= 4 is 33.4 Å². The van der Waals surface area contributed by atoms with E-state index in [0.717, 1.165) is 77.2 Å². The number of rotatable bonds is 10. The maximum atomic E-state index is 12.5. The topological polar surface area (TPSA) is 125 Å². The predicted octanol–water partition coefficient (Wildman–Crippen LogP) is 4.25. The average molecular weight is 541 g/mol. The highest BCUT2D eigenvalue weighted by atomic mass is 16.5. The van der Waals surface area contributed by atoms with Crippen LogP contribution in [-0.2, 0) is 6.54 Å². The van der Waals surface area contributed by atoms with E-state index in [4.69, 9.17) is 26.9 Å². The van der Waals surface area contributed by atoms with Crippen molar-refractivity contribution in [3.63, 3.8) is 0 Å². The van der Waals surface area contributed by atoms with Gasteiger partial charge in [0.2, 0.25) is 0 Å². The van der Waals surface area contributed by atoms with Gasteiger partial charge in [0, 0.05) is 35.6 Å². The fourth-order valence-electron chi connectivity index (χ4n) is 5.59. The van der Waals surface area contributed by atoms with Gasteiger partial charge in [0.1, 0.15) is 17.3 Å². The summed E-state index contributed by atoms with van der Waals surface area (Å²) < 4.78 is 7.97. The molecular weight excluding hydrogens is 500 g/mol. The molecule has 1 aliphatic carbocycles. The van der Waals surface area contributed by atoms with E-state index in [2.05, 4.69) is 43.3 Å². The van der Waals surface area contributed by atoms with Gasteiger partial charge in [-0.1, -0.05) is 36.4 Å². The van der Waals surface area contributed by atoms with Crippen molar-refractivity contribution in [2.24, 2.45) is 22.2 Å². The summed E-state index contributed by atoms with van der Waals surface area (Å²) in [5.74, 6) is 0.901. The number of hydrogen-bond acceptors (Lipinski definition) is 5. The number of carbonyl (C=O) groups is 1. The molecule has 0 aliphatic heterocycles. The number of amidine groups is 1. The fourth-order valence-corrected chi connectivity index (χ4v) is 5.59. The Kier molecular flexibility index (Phi) is 8.38. The summed E-state index contributed by atoms with van der Waals surface area (Å²) in [6.07, 6.45) is 4.82. The summed E-state index contributed by atoms with van der Waals surface area (Å²) in [4.78, 5) is 19.5. The number of primary amides is 1. The number of carbonyl (C=O) groups excluding carboxylic acids is 1. The zero-order valence-corrected chi connectivity index (χ0v) is 23.5. The summed E-state index contributed by atoms with van der Waals surface area (Å²) >= 11 is 0. The Morgan fingerprint density at radius 3 is 2.55 bits per heavy atom. The third-order valence-corrected chi connectivity index (χ3v) is 7.80. The molecule has 0 spiro atoms. The number of hydrogen-bond donors (Lipinski definition) is 3. The minimum Gasteiger partial charge on any atom is -0.494 e. The summed E-state index contributed by atoms with van der Waals surface area (Å²) in [7, 11) is 4.12. The minimum absolute atomic E-state index is 0.195. The predicted molar refractivity (Wildman–Crippen MR) is 163 cm³/mol. The molecule has 0 atom stereocenters. The molecule has 6 N–H and O–H groups in total. The van der Waals surface area contributed by atoms with Gasteiger partial charge in [0.25, 0.3) is 5.91 Å². The highest BCUT2D eigenvalue weighted by molar-refractivity contribution is 6.03. The first-order valence-corrected chi connectivity index (χ1v) is 14.1. The van der Waals surface area contributed by atoms with Crippen molar-refractivity contribution in [2.45, 2.75) is 50.7 Å². The molecule has 8 nitrogen and oxygen atoms in total. The molecule has 1 amide bonds. The second kappa shape index (κ2) is 12.1. The van der Waals surface area contributed by atoms with E-state index < -0.39 is 5.91 Å². The zero-order chi connectivity index (χ0) is 28.2. The van der Waals surface area contributed by atoms with Gasteiger partial charge >= 0.3 is 0 Å². The van der Waals surface area contributed by atoms with E-state index >= 15 is 0 Å². The number of fused-ring (bicyclic) bond motifs is 2. The zero-order valence-electron chi connectivity index (χ0n) is 23.5. The summed E-state index contributed by atoms with van der Waals surface area (Å²) in [5.41, 5.74) is 21.6. The van der Waals surface area contributed by atoms with Crippen LogP contribution in [0.4, 0.5) is 0 Å². The molecule has 40 heavy (non-hydrogen) atoms. The van der Waals surface area contributed by atoms with Crippen molar-refractivity contribution in [3.8, 4) is 5.75 Å². The number of nitrogens with zero attached hydrogens (tertiary/aromatic N) is 3. The fraction of sp³-hybridized carbons (Fsp3) is 0.375. The van der Waals surface area contributed by atoms with Gasteiger partial charge in [-0.05, 0) is 86.8 Å². The Labute approximate surface area is 235 Å². The van der Waals surface area contributed by atoms with Crippen LogP contribution in [-0.4, -0.2) is 60.5 Å². The van der Waals surface area contributed by atoms with Crippen LogP contribution in [0.25, 0.3) is 21.7 Å². The van der Waals surface area contributed by atoms with E-state index in [-0.39, 0.29) is 12.1 Å². The number of ether oxygens (including phenoxy) is 1. The molecule has 4 aromatic rings. The average Bonchev–Trinajstić information content (AvgIpc) is 3.30. The molecule has 0 unspecified atom stereocenters. The minimum atomic E-state index is -0.466. The van der Waals surface area contributed by atoms with E-state index in [9.17, 15) is 4.79 Å². The Hall–Kier alpha value is -3.88. The molecule has 1 fully saturated rings. The van der Waals surface area contributed by atoms with Crippen LogP contribution in [0.2, 0.25) is 0 Å². The van der Waals surface area contributed by atoms with Crippen LogP contribution in [0.1, 0.15) is 53.7 Å². The van der Waals surface area contributed by atoms with E-state index in [0.29, 0.717) is 24.7 Å². The van der Waals surface area contributed by atoms with Crippen LogP contribution >= 0.6 is 0 Å². The maximum absolute atomic E-state index is 12.5. The molecule has 1 aromatic heterocycles. The Morgan fingerprint density at radius 1 is 1.00 bits per heavy atom. The van der Waals surface area contributed by atoms with Crippen LogP contribution in [0.3, 0.4) is 0 Å². The normalized spacial score (nSPS) is 18.1. The molecular formula is C32H40N6O2. The van der Waals surface area contributed by atoms with Gasteiger partial charge in [-0.3, -0.25) is 9.79 Å². The monoisotopic (exact) mass is 540 g/mol. The van der Waals surface area contributed by atoms with Gasteiger partial charge in [-0.15, -0.1) is 0 Å². The molecule has 5 rings (SSSR count). The van der Waals surface area contributed by atoms with Gasteiger partial charge < -0.3 is 31.4 Å². The number of amides is 1. The van der Waals surface area contributed by atoms with Crippen LogP contribution < -0.4 is 21.9 Å². The third-order valence-electron chi connectivity index (χ3n) is 7.80. The Balaban J connectivity index is 1.44. The van der Waals surface area contributed by atoms with Crippen LogP contribution in [0.15, 0.2) is 65.7 Å². The van der Waals surface area contributed by atoms with Gasteiger partial charge in [0.15, 0.2) is 0 Å². The molecule has 0 bridgehead atoms. The number of aromatic nitrogens is 1. The standard InChI is InChI=1S/C32H40N6O2/c1-37(2)15-4-16-40-27-13-14-28-21(17-27)5-3-6-24(28)20-38-29-19-23(8-7-22(29)18-30(38)32(35)39)31(34)36-26-11-9-25(33)10-12-26/h3,5-8,13-14,17-19,25-26H,4,9-12,15-16,20,33H2,1-2H3,(H2,34,36)(H2,35,39). The van der Waals surface area contributed by atoms with Crippen molar-refractivity contribution in [3.05, 3.63) is 77.5 Å². The van der Waals surface area contributed by atoms with Gasteiger partial charge in [-0.2, -0.15) is 0 Å². The molecule has 1 aliphatic rings. The number of aliphatic imine (C=N–C) groups is 1. The van der Waals surface area contributed by atoms with Crippen LogP contribution in [0.5, 0.6) is 5.75 Å². The van der Waals surface area contributed by atoms with Crippen LogP contribution in [0, 0.1) is 0 Å². The van der Waals surface area contributed by atoms with Crippen molar-refractivity contribution in [1.29, 1.82) is 0 Å². The highest BCUT2D eigenvalue weighted by Gasteiger charge is 2.19. The first-order valence-electron chi connectivity index (χ1n) is 14.1. The Bertz CT molecular complexity index is 1530. The van der Waals surface area contributed by atoms with Crippen molar-refractivity contribution < 1.29 is 9.53 Å². The lowest BCUT2D eigenvalue weighted by Crippen LogP contribution is -2.29. The van der Waals surface area contributed by atoms with Crippen molar-refractivity contribution in [2.75, 3.05) is 27.2 Å². The van der Waals surface area contributed by atoms with E-state index in [1.807, 2.05) is 41.0 Å². The molecule has 1 saturated carbocycles. The quantitative estimate of drug-likeness (QED) is 0.158. The maximum Gasteiger partial charge on any atom is 0.265 e. The van der Waals surface area contributed by atoms with Gasteiger partial charge in [0.05, 0.1) is 12.6 Å². The first-order chi connectivity index (χ1) is 19.3. The SMILES string of the molecule is CN(C)CCCOc1ccc2c(Cn3c(C(N)=O)cc4ccc(C(N)=NC5CCC(N)CC5)cc43)cccc2c1. The second-order valence-corrected chi connectivity index (χ2v) is 11.1. The lowest BCUT2D eigenvalue weighted by atomic mass is 9.92. The molecule has 0 radical (unpaired) electrons. The lowest BCUT2D eigenvalue weighted by Gasteiger charge is -2.23. The van der Waals surface area contributed by atoms with E-state index in [1.165, 1.54) is 0 Å². The highest BCUT2D eigenvalue weighted by Crippen LogP contribution is 2.28. The Morgan fingerprint density at radius 2 is 1.80 bits per heavy atom. The molecule has 8 heteroatoms. The lowest BCUT2D eigenvalue weighted by molar-refractivity contribution is 0.0992. The molecule has 0 saturated heterocycles. The van der Waals surface area contributed by atoms with Gasteiger partial charge in [-0.25, -0.2) is 0 Å². The third kappa shape index (κ3) is 6.29. The number of nitrogens with two attached hydrogens (primary N) is 3. The van der Waals surface area contributed by atoms with E-state index in [1.54, 1.807) is 0 Å². The largest absolute Gasteiger partial charge is 0.494 e. The summed E-state index contributed by atoms with van der Waals surface area (Å²) in [6.45, 7) is 2.15. The first kappa shape index (κ1) is 27.7.